The molecule has 5 rings (SSSR count). The second kappa shape index (κ2) is 12.8. The van der Waals surface area contributed by atoms with Gasteiger partial charge in [-0.2, -0.15) is 0 Å². The maximum atomic E-state index is 14.3. The van der Waals surface area contributed by atoms with Crippen LogP contribution < -0.4 is 24.7 Å². The van der Waals surface area contributed by atoms with Gasteiger partial charge in [0.05, 0.1) is 12.1 Å². The Morgan fingerprint density at radius 1 is 1.02 bits per heavy atom. The summed E-state index contributed by atoms with van der Waals surface area (Å²) >= 11 is 8.35. The monoisotopic (exact) mass is 591 g/mol. The largest absolute Gasteiger partial charge is 0.496 e. The third kappa shape index (κ3) is 6.22. The Hall–Kier alpha value is -3.13. The van der Waals surface area contributed by atoms with E-state index in [1.807, 2.05) is 48.3 Å². The lowest BCUT2D eigenvalue weighted by atomic mass is 9.89. The molecule has 8 heteroatoms. The van der Waals surface area contributed by atoms with Gasteiger partial charge in [0.2, 0.25) is 5.91 Å². The Kier molecular flexibility index (Phi) is 9.17. The first-order valence-electron chi connectivity index (χ1n) is 14.3. The van der Waals surface area contributed by atoms with Gasteiger partial charge in [0.1, 0.15) is 10.6 Å². The van der Waals surface area contributed by atoms with Crippen molar-refractivity contribution in [1.29, 1.82) is 0 Å². The number of benzene rings is 2. The zero-order valence-corrected chi connectivity index (χ0v) is 25.8. The molecular formula is C33H38ClN3O3S. The second-order valence-electron chi connectivity index (χ2n) is 10.9. The highest BCUT2D eigenvalue weighted by Crippen LogP contribution is 2.33. The number of halogens is 1. The second-order valence-corrected chi connectivity index (χ2v) is 12.3. The van der Waals surface area contributed by atoms with E-state index >= 15 is 0 Å². The van der Waals surface area contributed by atoms with Crippen LogP contribution in [0.25, 0.3) is 23.3 Å². The molecule has 0 spiro atoms. The molecule has 2 aromatic carbocycles. The van der Waals surface area contributed by atoms with Crippen LogP contribution in [0.3, 0.4) is 0 Å². The number of rotatable bonds is 8. The number of hydrogen-bond acceptors (Lipinski definition) is 5. The maximum absolute atomic E-state index is 14.3. The highest BCUT2D eigenvalue weighted by molar-refractivity contribution is 7.12. The Bertz CT molecular complexity index is 1540. The van der Waals surface area contributed by atoms with Crippen molar-refractivity contribution in [2.45, 2.75) is 64.1 Å². The standard InChI is InChI=1S/C33H38ClN3O3S/c1-21(38)36(3)26-14-9-22(10-15-26)23-11-18-29(40-4)24(19-23)20-37(27-16-12-25(35-2)13-17-27)33(39)32-31(34)28-7-5-6-8-30(28)41-32/h7-11,14-15,18-19,25,27,35H,5-6,12-13,16-17,20H2,1-4H3/t25-,27+. The van der Waals surface area contributed by atoms with Gasteiger partial charge in [-0.1, -0.05) is 42.0 Å². The van der Waals surface area contributed by atoms with Crippen LogP contribution in [0.5, 0.6) is 5.75 Å². The van der Waals surface area contributed by atoms with Crippen LogP contribution in [0.2, 0.25) is 5.02 Å². The summed E-state index contributed by atoms with van der Waals surface area (Å²) < 4.78 is 6.88. The van der Waals surface area contributed by atoms with E-state index in [1.54, 1.807) is 26.0 Å². The summed E-state index contributed by atoms with van der Waals surface area (Å²) in [5.74, 6) is 0.732. The number of hydrogen-bond donors (Lipinski definition) is 1. The predicted octanol–water partition coefficient (Wildman–Crippen LogP) is 5.59. The molecule has 1 N–H and O–H groups in total. The molecule has 2 amide bonds. The summed E-state index contributed by atoms with van der Waals surface area (Å²) in [6.45, 7) is 1.99. The Morgan fingerprint density at radius 3 is 2.34 bits per heavy atom. The third-order valence-electron chi connectivity index (χ3n) is 8.44. The van der Waals surface area contributed by atoms with E-state index in [2.05, 4.69) is 23.5 Å². The van der Waals surface area contributed by atoms with Gasteiger partial charge in [0, 0.05) is 53.6 Å². The number of ether oxygens (including phenoxy) is 1. The minimum atomic E-state index is -0.0135. The number of nitrogens with zero attached hydrogens (tertiary/aromatic N) is 2. The molecule has 0 saturated heterocycles. The smallest absolute Gasteiger partial charge is 0.266 e. The van der Waals surface area contributed by atoms with E-state index in [4.69, 9.17) is 16.3 Å². The molecular weight excluding hydrogens is 554 g/mol. The molecule has 41 heavy (non-hydrogen) atoms. The lowest BCUT2D eigenvalue weighted by molar-refractivity contribution is -0.116. The number of anilines is 1. The molecule has 2 aliphatic carbocycles. The van der Waals surface area contributed by atoms with Gasteiger partial charge in [-0.05, 0) is 81.0 Å². The molecule has 0 unspecified atom stereocenters. The van der Waals surface area contributed by atoms with Crippen LogP contribution in [0.15, 0.2) is 42.5 Å². The average molecular weight is 592 g/mol. The fourth-order valence-electron chi connectivity index (χ4n) is 5.86. The van der Waals surface area contributed by atoms with E-state index < -0.39 is 0 Å². The fraction of sp³-hybridized carbons (Fsp3) is 0.394. The molecule has 6 nitrogen and oxygen atoms in total. The SMILES string of the molecule is CN[C@H]1CC[C@@H](N(Cc2cc(-c3ccc(N(C)C(C)=O)cc3)ccc2OC)C(=O)c2sc3c(c2Cl)=CCCC=3)CC1. The summed E-state index contributed by atoms with van der Waals surface area (Å²) in [4.78, 5) is 30.3. The minimum absolute atomic E-state index is 0.00631. The molecule has 1 aromatic heterocycles. The van der Waals surface area contributed by atoms with E-state index in [-0.39, 0.29) is 17.9 Å². The molecule has 0 bridgehead atoms. The molecule has 0 atom stereocenters. The van der Waals surface area contributed by atoms with E-state index in [1.165, 1.54) is 11.3 Å². The predicted molar refractivity (Wildman–Crippen MR) is 169 cm³/mol. The zero-order chi connectivity index (χ0) is 29.1. The first kappa shape index (κ1) is 29.4. The Labute approximate surface area is 251 Å². The fourth-order valence-corrected chi connectivity index (χ4v) is 7.41. The van der Waals surface area contributed by atoms with Crippen molar-refractivity contribution in [1.82, 2.24) is 10.2 Å². The van der Waals surface area contributed by atoms with Crippen molar-refractivity contribution < 1.29 is 14.3 Å². The van der Waals surface area contributed by atoms with Crippen molar-refractivity contribution in [2.24, 2.45) is 0 Å². The zero-order valence-electron chi connectivity index (χ0n) is 24.2. The maximum Gasteiger partial charge on any atom is 0.266 e. The summed E-state index contributed by atoms with van der Waals surface area (Å²) in [7, 11) is 5.45. The Balaban J connectivity index is 1.49. The normalized spacial score (nSPS) is 18.1. The van der Waals surface area contributed by atoms with Crippen LogP contribution in [-0.2, 0) is 11.3 Å². The van der Waals surface area contributed by atoms with Gasteiger partial charge in [0.15, 0.2) is 0 Å². The molecule has 1 saturated carbocycles. The molecule has 3 aromatic rings. The quantitative estimate of drug-likeness (QED) is 0.371. The van der Waals surface area contributed by atoms with Gasteiger partial charge in [-0.15, -0.1) is 11.3 Å². The number of amides is 2. The first-order chi connectivity index (χ1) is 19.8. The van der Waals surface area contributed by atoms with Crippen LogP contribution >= 0.6 is 22.9 Å². The topological polar surface area (TPSA) is 61.9 Å². The summed E-state index contributed by atoms with van der Waals surface area (Å²) in [5, 5.41) is 4.99. The van der Waals surface area contributed by atoms with Gasteiger partial charge >= 0.3 is 0 Å². The number of thiophene rings is 1. The van der Waals surface area contributed by atoms with Crippen LogP contribution in [0, 0.1) is 0 Å². The summed E-state index contributed by atoms with van der Waals surface area (Å²) in [6, 6.07) is 14.7. The van der Waals surface area contributed by atoms with Crippen molar-refractivity contribution in [3.63, 3.8) is 0 Å². The molecule has 1 fully saturated rings. The molecule has 0 radical (unpaired) electrons. The van der Waals surface area contributed by atoms with E-state index in [0.29, 0.717) is 22.5 Å². The van der Waals surface area contributed by atoms with Crippen LogP contribution in [-0.4, -0.2) is 50.0 Å². The van der Waals surface area contributed by atoms with Crippen molar-refractivity contribution in [3.05, 3.63) is 67.7 Å². The van der Waals surface area contributed by atoms with Crippen LogP contribution in [0.4, 0.5) is 5.69 Å². The van der Waals surface area contributed by atoms with Gasteiger partial charge < -0.3 is 19.9 Å². The summed E-state index contributed by atoms with van der Waals surface area (Å²) in [5.41, 5.74) is 3.85. The lowest BCUT2D eigenvalue weighted by Gasteiger charge is -2.37. The highest BCUT2D eigenvalue weighted by Gasteiger charge is 2.32. The van der Waals surface area contributed by atoms with Gasteiger partial charge in [0.25, 0.3) is 5.91 Å². The van der Waals surface area contributed by atoms with Crippen LogP contribution in [0.1, 0.15) is 60.7 Å². The number of fused-ring (bicyclic) bond motifs is 1. The highest BCUT2D eigenvalue weighted by atomic mass is 35.5. The average Bonchev–Trinajstić information content (AvgIpc) is 3.35. The number of carbonyl (C=O) groups is 2. The molecule has 2 aliphatic rings. The first-order valence-corrected chi connectivity index (χ1v) is 15.5. The van der Waals surface area contributed by atoms with Gasteiger partial charge in [-0.25, -0.2) is 0 Å². The summed E-state index contributed by atoms with van der Waals surface area (Å²) in [6.07, 6.45) is 10.2. The van der Waals surface area contributed by atoms with Crippen molar-refractivity contribution >= 4 is 52.6 Å². The number of carbonyl (C=O) groups excluding carboxylic acids is 2. The molecule has 216 valence electrons. The number of methoxy groups -OCH3 is 1. The van der Waals surface area contributed by atoms with Gasteiger partial charge in [-0.3, -0.25) is 9.59 Å². The van der Waals surface area contributed by atoms with Crippen molar-refractivity contribution in [3.8, 4) is 16.9 Å². The van der Waals surface area contributed by atoms with E-state index in [9.17, 15) is 9.59 Å². The Morgan fingerprint density at radius 2 is 1.71 bits per heavy atom. The molecule has 0 aliphatic heterocycles. The third-order valence-corrected chi connectivity index (χ3v) is 10.1. The lowest BCUT2D eigenvalue weighted by Crippen LogP contribution is -2.44. The van der Waals surface area contributed by atoms with E-state index in [0.717, 1.165) is 76.4 Å². The minimum Gasteiger partial charge on any atom is -0.496 e. The van der Waals surface area contributed by atoms with Crippen molar-refractivity contribution in [2.75, 3.05) is 26.1 Å². The molecule has 1 heterocycles. The number of nitrogens with one attached hydrogen (secondary N) is 1.